The number of anilines is 1. The summed E-state index contributed by atoms with van der Waals surface area (Å²) in [5.41, 5.74) is 3.78. The molecule has 7 heteroatoms. The van der Waals surface area contributed by atoms with E-state index in [4.69, 9.17) is 17.0 Å². The molecular formula is C28H35N3O3S. The first-order chi connectivity index (χ1) is 16.8. The van der Waals surface area contributed by atoms with Gasteiger partial charge in [-0.15, -0.1) is 0 Å². The maximum Gasteiger partial charge on any atom is 0.338 e. The van der Waals surface area contributed by atoms with Gasteiger partial charge in [0, 0.05) is 17.9 Å². The summed E-state index contributed by atoms with van der Waals surface area (Å²) in [4.78, 5) is 28.2. The second kappa shape index (κ2) is 12.0. The first kappa shape index (κ1) is 26.4. The Bertz CT molecular complexity index is 1100. The van der Waals surface area contributed by atoms with Gasteiger partial charge in [-0.25, -0.2) is 4.79 Å². The summed E-state index contributed by atoms with van der Waals surface area (Å²) >= 11 is 5.59. The number of esters is 1. The van der Waals surface area contributed by atoms with E-state index in [-0.39, 0.29) is 23.7 Å². The number of nitrogens with one attached hydrogen (secondary N) is 2. The third kappa shape index (κ3) is 6.28. The van der Waals surface area contributed by atoms with Gasteiger partial charge in [0.25, 0.3) is 0 Å². The minimum Gasteiger partial charge on any atom is -0.462 e. The van der Waals surface area contributed by atoms with E-state index in [1.165, 1.54) is 0 Å². The fourth-order valence-electron chi connectivity index (χ4n) is 4.28. The van der Waals surface area contributed by atoms with E-state index in [0.29, 0.717) is 35.9 Å². The Labute approximate surface area is 213 Å². The molecule has 0 aliphatic carbocycles. The molecule has 35 heavy (non-hydrogen) atoms. The van der Waals surface area contributed by atoms with Crippen LogP contribution in [0.2, 0.25) is 0 Å². The number of hydrogen-bond acceptors (Lipinski definition) is 4. The standard InChI is InChI=1S/C28H35N3O3S/c1-6-23(20-12-9-8-10-13-20)26(32)29-22-15-11-14-21(16-22)25-24(27(33)34-17-18(3)4)19(5)31(7-2)28(35)30-25/h8-16,18,23,25H,6-7,17H2,1-5H3,(H,29,32)(H,30,35)/t23-,25-/m1/s1. The van der Waals surface area contributed by atoms with Gasteiger partial charge in [0.2, 0.25) is 5.91 Å². The Morgan fingerprint density at radius 2 is 1.83 bits per heavy atom. The number of nitrogens with zero attached hydrogens (tertiary/aromatic N) is 1. The molecule has 0 unspecified atom stereocenters. The fraction of sp³-hybridized carbons (Fsp3) is 0.393. The van der Waals surface area contributed by atoms with Crippen molar-refractivity contribution in [3.63, 3.8) is 0 Å². The largest absolute Gasteiger partial charge is 0.462 e. The predicted octanol–water partition coefficient (Wildman–Crippen LogP) is 5.54. The molecule has 0 bridgehead atoms. The molecule has 2 N–H and O–H groups in total. The third-order valence-electron chi connectivity index (χ3n) is 6.09. The van der Waals surface area contributed by atoms with Gasteiger partial charge in [0.15, 0.2) is 5.11 Å². The van der Waals surface area contributed by atoms with Gasteiger partial charge >= 0.3 is 5.97 Å². The van der Waals surface area contributed by atoms with Gasteiger partial charge in [0.1, 0.15) is 0 Å². The maximum absolute atomic E-state index is 13.2. The van der Waals surface area contributed by atoms with Crippen molar-refractivity contribution >= 4 is 34.9 Å². The summed E-state index contributed by atoms with van der Waals surface area (Å²) in [7, 11) is 0. The monoisotopic (exact) mass is 493 g/mol. The second-order valence-electron chi connectivity index (χ2n) is 9.10. The van der Waals surface area contributed by atoms with Crippen LogP contribution in [0.15, 0.2) is 65.9 Å². The quantitative estimate of drug-likeness (QED) is 0.353. The van der Waals surface area contributed by atoms with Gasteiger partial charge in [-0.3, -0.25) is 4.79 Å². The SMILES string of the molecule is CC[C@@H](C(=O)Nc1cccc([C@H]2NC(=S)N(CC)C(C)=C2C(=O)OCC(C)C)c1)c1ccccc1. The zero-order chi connectivity index (χ0) is 25.5. The molecule has 186 valence electrons. The number of carbonyl (C=O) groups excluding carboxylic acids is 2. The number of rotatable bonds is 9. The summed E-state index contributed by atoms with van der Waals surface area (Å²) in [5.74, 6) is -0.447. The number of allylic oxidation sites excluding steroid dienone is 1. The number of ether oxygens (including phenoxy) is 1. The van der Waals surface area contributed by atoms with Crippen molar-refractivity contribution in [1.82, 2.24) is 10.2 Å². The predicted molar refractivity (Wildman–Crippen MR) is 144 cm³/mol. The molecule has 0 saturated heterocycles. The second-order valence-corrected chi connectivity index (χ2v) is 9.49. The highest BCUT2D eigenvalue weighted by Crippen LogP contribution is 2.33. The van der Waals surface area contributed by atoms with E-state index in [9.17, 15) is 9.59 Å². The highest BCUT2D eigenvalue weighted by molar-refractivity contribution is 7.80. The van der Waals surface area contributed by atoms with E-state index >= 15 is 0 Å². The van der Waals surface area contributed by atoms with Crippen LogP contribution in [-0.2, 0) is 14.3 Å². The van der Waals surface area contributed by atoms with Crippen LogP contribution < -0.4 is 10.6 Å². The topological polar surface area (TPSA) is 70.7 Å². The number of carbonyl (C=O) groups is 2. The Morgan fingerprint density at radius 3 is 2.46 bits per heavy atom. The number of hydrogen-bond donors (Lipinski definition) is 2. The smallest absolute Gasteiger partial charge is 0.338 e. The lowest BCUT2D eigenvalue weighted by Crippen LogP contribution is -2.47. The normalized spacial score (nSPS) is 16.7. The molecule has 0 spiro atoms. The molecule has 2 aromatic rings. The van der Waals surface area contributed by atoms with Gasteiger partial charge in [-0.2, -0.15) is 0 Å². The fourth-order valence-corrected chi connectivity index (χ4v) is 4.66. The Balaban J connectivity index is 1.90. The van der Waals surface area contributed by atoms with E-state index < -0.39 is 6.04 Å². The van der Waals surface area contributed by atoms with Crippen LogP contribution in [0.3, 0.4) is 0 Å². The summed E-state index contributed by atoms with van der Waals surface area (Å²) in [6.07, 6.45) is 0.689. The van der Waals surface area contributed by atoms with Crippen molar-refractivity contribution in [1.29, 1.82) is 0 Å². The van der Waals surface area contributed by atoms with Crippen LogP contribution in [0.5, 0.6) is 0 Å². The summed E-state index contributed by atoms with van der Waals surface area (Å²) < 4.78 is 5.61. The van der Waals surface area contributed by atoms with Crippen molar-refractivity contribution in [3.05, 3.63) is 77.0 Å². The van der Waals surface area contributed by atoms with Crippen molar-refractivity contribution in [2.75, 3.05) is 18.5 Å². The molecule has 6 nitrogen and oxygen atoms in total. The molecule has 1 aliphatic heterocycles. The van der Waals surface area contributed by atoms with Gasteiger partial charge in [-0.1, -0.05) is 63.2 Å². The van der Waals surface area contributed by atoms with Crippen LogP contribution in [0.1, 0.15) is 64.1 Å². The summed E-state index contributed by atoms with van der Waals surface area (Å²) in [5, 5.41) is 6.92. The summed E-state index contributed by atoms with van der Waals surface area (Å²) in [6.45, 7) is 10.9. The zero-order valence-corrected chi connectivity index (χ0v) is 21.9. The molecule has 3 rings (SSSR count). The van der Waals surface area contributed by atoms with Crippen molar-refractivity contribution < 1.29 is 14.3 Å². The molecule has 0 saturated carbocycles. The minimum atomic E-state index is -0.474. The molecule has 2 aromatic carbocycles. The van der Waals surface area contributed by atoms with E-state index in [1.807, 2.05) is 94.1 Å². The van der Waals surface area contributed by atoms with Gasteiger partial charge in [-0.05, 0) is 61.7 Å². The number of amides is 1. The first-order valence-corrected chi connectivity index (χ1v) is 12.6. The summed E-state index contributed by atoms with van der Waals surface area (Å²) in [6, 6.07) is 16.8. The van der Waals surface area contributed by atoms with E-state index in [1.54, 1.807) is 0 Å². The van der Waals surface area contributed by atoms with Crippen molar-refractivity contribution in [2.24, 2.45) is 5.92 Å². The maximum atomic E-state index is 13.2. The highest BCUT2D eigenvalue weighted by atomic mass is 32.1. The van der Waals surface area contributed by atoms with Crippen LogP contribution >= 0.6 is 12.2 Å². The van der Waals surface area contributed by atoms with Crippen LogP contribution in [0.4, 0.5) is 5.69 Å². The first-order valence-electron chi connectivity index (χ1n) is 12.2. The van der Waals surface area contributed by atoms with Gasteiger partial charge < -0.3 is 20.3 Å². The van der Waals surface area contributed by atoms with Crippen LogP contribution in [-0.4, -0.2) is 35.0 Å². The molecule has 0 fully saturated rings. The minimum absolute atomic E-state index is 0.0663. The molecule has 1 heterocycles. The van der Waals surface area contributed by atoms with Crippen molar-refractivity contribution in [3.8, 4) is 0 Å². The molecule has 2 atom stereocenters. The number of benzene rings is 2. The van der Waals surface area contributed by atoms with Crippen molar-refractivity contribution in [2.45, 2.75) is 53.0 Å². The lowest BCUT2D eigenvalue weighted by molar-refractivity contribution is -0.140. The highest BCUT2D eigenvalue weighted by Gasteiger charge is 2.34. The molecule has 0 aromatic heterocycles. The Kier molecular flexibility index (Phi) is 9.04. The lowest BCUT2D eigenvalue weighted by Gasteiger charge is -2.37. The average molecular weight is 494 g/mol. The average Bonchev–Trinajstić information content (AvgIpc) is 2.83. The molecule has 1 aliphatic rings. The third-order valence-corrected chi connectivity index (χ3v) is 6.43. The number of thiocarbonyl (C=S) groups is 1. The molecular weight excluding hydrogens is 458 g/mol. The van der Waals surface area contributed by atoms with Crippen LogP contribution in [0, 0.1) is 5.92 Å². The Morgan fingerprint density at radius 1 is 1.11 bits per heavy atom. The van der Waals surface area contributed by atoms with E-state index in [2.05, 4.69) is 10.6 Å². The molecule has 0 radical (unpaired) electrons. The molecule has 1 amide bonds. The Hall–Kier alpha value is -3.19. The zero-order valence-electron chi connectivity index (χ0n) is 21.1. The van der Waals surface area contributed by atoms with E-state index in [0.717, 1.165) is 16.8 Å². The lowest BCUT2D eigenvalue weighted by atomic mass is 9.94. The van der Waals surface area contributed by atoms with Crippen LogP contribution in [0.25, 0.3) is 0 Å². The van der Waals surface area contributed by atoms with Gasteiger partial charge in [0.05, 0.1) is 24.1 Å².